The van der Waals surface area contributed by atoms with E-state index in [9.17, 15) is 0 Å². The van der Waals surface area contributed by atoms with Crippen LogP contribution in [0.4, 0.5) is 0 Å². The second-order valence-electron chi connectivity index (χ2n) is 4.46. The molecule has 1 N–H and O–H groups in total. The summed E-state index contributed by atoms with van der Waals surface area (Å²) in [7, 11) is 1.72. The number of hydrogen-bond acceptors (Lipinski definition) is 3. The van der Waals surface area contributed by atoms with Crippen LogP contribution in [0.3, 0.4) is 0 Å². The lowest BCUT2D eigenvalue weighted by molar-refractivity contribution is 0.0483. The van der Waals surface area contributed by atoms with Crippen LogP contribution < -0.4 is 5.32 Å². The van der Waals surface area contributed by atoms with Gasteiger partial charge in [-0.05, 0) is 19.3 Å². The average Bonchev–Trinajstić information content (AvgIpc) is 2.17. The average molecular weight is 215 g/mol. The molecule has 90 valence electrons. The Morgan fingerprint density at radius 3 is 2.73 bits per heavy atom. The maximum absolute atomic E-state index is 5.73. The first-order chi connectivity index (χ1) is 7.33. The van der Waals surface area contributed by atoms with Gasteiger partial charge < -0.3 is 14.8 Å². The van der Waals surface area contributed by atoms with Gasteiger partial charge in [0.2, 0.25) is 0 Å². The third kappa shape index (κ3) is 6.13. The van der Waals surface area contributed by atoms with E-state index < -0.39 is 0 Å². The third-order valence-electron chi connectivity index (χ3n) is 3.07. The van der Waals surface area contributed by atoms with Crippen molar-refractivity contribution in [3.8, 4) is 0 Å². The molecular formula is C12H25NO2. The van der Waals surface area contributed by atoms with Gasteiger partial charge in [0.25, 0.3) is 0 Å². The fourth-order valence-electron chi connectivity index (χ4n) is 1.76. The number of methoxy groups -OCH3 is 1. The third-order valence-corrected chi connectivity index (χ3v) is 3.07. The van der Waals surface area contributed by atoms with Crippen LogP contribution in [0.1, 0.15) is 32.6 Å². The SMILES string of the molecule is COCCNCC(C)OCCC1CCC1. The van der Waals surface area contributed by atoms with Crippen LogP contribution in [0.15, 0.2) is 0 Å². The predicted molar refractivity (Wildman–Crippen MR) is 62.1 cm³/mol. The highest BCUT2D eigenvalue weighted by Crippen LogP contribution is 2.29. The second-order valence-corrected chi connectivity index (χ2v) is 4.46. The van der Waals surface area contributed by atoms with Gasteiger partial charge in [0.15, 0.2) is 0 Å². The van der Waals surface area contributed by atoms with E-state index in [1.807, 2.05) is 0 Å². The maximum atomic E-state index is 5.73. The summed E-state index contributed by atoms with van der Waals surface area (Å²) in [6, 6.07) is 0. The zero-order valence-corrected chi connectivity index (χ0v) is 10.1. The van der Waals surface area contributed by atoms with E-state index in [1.165, 1.54) is 25.7 Å². The van der Waals surface area contributed by atoms with Crippen LogP contribution in [-0.2, 0) is 9.47 Å². The molecule has 0 aliphatic heterocycles. The molecular weight excluding hydrogens is 190 g/mol. The summed E-state index contributed by atoms with van der Waals surface area (Å²) in [6.45, 7) is 5.66. The first kappa shape index (κ1) is 12.9. The standard InChI is InChI=1S/C12H25NO2/c1-11(10-13-7-9-14-2)15-8-6-12-4-3-5-12/h11-13H,3-10H2,1-2H3. The minimum absolute atomic E-state index is 0.321. The van der Waals surface area contributed by atoms with Crippen molar-refractivity contribution >= 4 is 0 Å². The highest BCUT2D eigenvalue weighted by atomic mass is 16.5. The van der Waals surface area contributed by atoms with E-state index in [0.29, 0.717) is 6.10 Å². The Hall–Kier alpha value is -0.120. The summed E-state index contributed by atoms with van der Waals surface area (Å²) in [5.41, 5.74) is 0. The predicted octanol–water partition coefficient (Wildman–Crippen LogP) is 1.82. The summed E-state index contributed by atoms with van der Waals surface area (Å²) in [5, 5.41) is 3.30. The van der Waals surface area contributed by atoms with E-state index in [4.69, 9.17) is 9.47 Å². The summed E-state index contributed by atoms with van der Waals surface area (Å²) in [4.78, 5) is 0. The molecule has 3 heteroatoms. The van der Waals surface area contributed by atoms with E-state index in [2.05, 4.69) is 12.2 Å². The van der Waals surface area contributed by atoms with Crippen molar-refractivity contribution in [1.82, 2.24) is 5.32 Å². The van der Waals surface area contributed by atoms with Crippen molar-refractivity contribution in [2.75, 3.05) is 33.4 Å². The molecule has 0 amide bonds. The molecule has 1 aliphatic carbocycles. The van der Waals surface area contributed by atoms with Crippen LogP contribution in [0.25, 0.3) is 0 Å². The first-order valence-corrected chi connectivity index (χ1v) is 6.14. The number of ether oxygens (including phenoxy) is 2. The largest absolute Gasteiger partial charge is 0.383 e. The molecule has 1 unspecified atom stereocenters. The van der Waals surface area contributed by atoms with Gasteiger partial charge >= 0.3 is 0 Å². The molecule has 0 bridgehead atoms. The van der Waals surface area contributed by atoms with Crippen LogP contribution in [0.5, 0.6) is 0 Å². The molecule has 0 aromatic rings. The highest BCUT2D eigenvalue weighted by Gasteiger charge is 2.16. The minimum atomic E-state index is 0.321. The first-order valence-electron chi connectivity index (χ1n) is 6.14. The molecule has 0 heterocycles. The quantitative estimate of drug-likeness (QED) is 0.595. The fraction of sp³-hybridized carbons (Fsp3) is 1.00. The highest BCUT2D eigenvalue weighted by molar-refractivity contribution is 4.69. The van der Waals surface area contributed by atoms with Crippen molar-refractivity contribution < 1.29 is 9.47 Å². The molecule has 1 rings (SSSR count). The molecule has 0 saturated heterocycles. The zero-order chi connectivity index (χ0) is 10.9. The molecule has 0 spiro atoms. The van der Waals surface area contributed by atoms with Crippen LogP contribution in [0, 0.1) is 5.92 Å². The molecule has 0 aromatic heterocycles. The van der Waals surface area contributed by atoms with Gasteiger partial charge in [0, 0.05) is 26.8 Å². The minimum Gasteiger partial charge on any atom is -0.383 e. The van der Waals surface area contributed by atoms with Crippen LogP contribution >= 0.6 is 0 Å². The van der Waals surface area contributed by atoms with Crippen molar-refractivity contribution in [3.05, 3.63) is 0 Å². The van der Waals surface area contributed by atoms with Gasteiger partial charge in [-0.25, -0.2) is 0 Å². The Bertz CT molecular complexity index is 149. The monoisotopic (exact) mass is 215 g/mol. The van der Waals surface area contributed by atoms with Gasteiger partial charge in [0.1, 0.15) is 0 Å². The fourth-order valence-corrected chi connectivity index (χ4v) is 1.76. The van der Waals surface area contributed by atoms with Crippen molar-refractivity contribution in [1.29, 1.82) is 0 Å². The Morgan fingerprint density at radius 1 is 1.33 bits per heavy atom. The molecule has 1 saturated carbocycles. The van der Waals surface area contributed by atoms with Crippen molar-refractivity contribution in [2.24, 2.45) is 5.92 Å². The zero-order valence-electron chi connectivity index (χ0n) is 10.1. The molecule has 1 atom stereocenters. The summed E-state index contributed by atoms with van der Waals surface area (Å²) in [6.07, 6.45) is 5.84. The molecule has 1 fully saturated rings. The number of hydrogen-bond donors (Lipinski definition) is 1. The van der Waals surface area contributed by atoms with Gasteiger partial charge in [0.05, 0.1) is 12.7 Å². The van der Waals surface area contributed by atoms with Gasteiger partial charge in [-0.1, -0.05) is 19.3 Å². The van der Waals surface area contributed by atoms with Crippen molar-refractivity contribution in [2.45, 2.75) is 38.7 Å². The molecule has 0 aromatic carbocycles. The Balaban J connectivity index is 1.82. The topological polar surface area (TPSA) is 30.5 Å². The normalized spacial score (nSPS) is 18.8. The molecule has 15 heavy (non-hydrogen) atoms. The maximum Gasteiger partial charge on any atom is 0.0671 e. The Labute approximate surface area is 93.5 Å². The van der Waals surface area contributed by atoms with E-state index >= 15 is 0 Å². The summed E-state index contributed by atoms with van der Waals surface area (Å²) >= 11 is 0. The molecule has 0 radical (unpaired) electrons. The number of nitrogens with one attached hydrogen (secondary N) is 1. The second kappa shape index (κ2) is 8.08. The van der Waals surface area contributed by atoms with E-state index in [0.717, 1.165) is 32.2 Å². The van der Waals surface area contributed by atoms with Gasteiger partial charge in [-0.2, -0.15) is 0 Å². The van der Waals surface area contributed by atoms with Gasteiger partial charge in [-0.15, -0.1) is 0 Å². The Kier molecular flexibility index (Phi) is 6.98. The Morgan fingerprint density at radius 2 is 2.13 bits per heavy atom. The smallest absolute Gasteiger partial charge is 0.0671 e. The summed E-state index contributed by atoms with van der Waals surface area (Å²) < 4.78 is 10.7. The summed E-state index contributed by atoms with van der Waals surface area (Å²) in [5.74, 6) is 0.957. The van der Waals surface area contributed by atoms with Gasteiger partial charge in [-0.3, -0.25) is 0 Å². The lowest BCUT2D eigenvalue weighted by Crippen LogP contribution is -2.30. The van der Waals surface area contributed by atoms with Crippen LogP contribution in [-0.4, -0.2) is 39.5 Å². The molecule has 3 nitrogen and oxygen atoms in total. The number of rotatable bonds is 9. The van der Waals surface area contributed by atoms with E-state index in [-0.39, 0.29) is 0 Å². The van der Waals surface area contributed by atoms with E-state index in [1.54, 1.807) is 7.11 Å². The molecule has 1 aliphatic rings. The lowest BCUT2D eigenvalue weighted by atomic mass is 9.83. The van der Waals surface area contributed by atoms with Crippen molar-refractivity contribution in [3.63, 3.8) is 0 Å². The van der Waals surface area contributed by atoms with Crippen LogP contribution in [0.2, 0.25) is 0 Å². The lowest BCUT2D eigenvalue weighted by Gasteiger charge is -2.25.